The minimum Gasteiger partial charge on any atom is -0.397 e. The van der Waals surface area contributed by atoms with Crippen molar-refractivity contribution >= 4 is 27.3 Å². The van der Waals surface area contributed by atoms with Crippen molar-refractivity contribution in [2.75, 3.05) is 44.4 Å². The summed E-state index contributed by atoms with van der Waals surface area (Å²) in [4.78, 5) is 4.34. The zero-order chi connectivity index (χ0) is 14.6. The highest BCUT2D eigenvalue weighted by Gasteiger charge is 2.14. The van der Waals surface area contributed by atoms with Gasteiger partial charge in [0.05, 0.1) is 15.8 Å². The summed E-state index contributed by atoms with van der Waals surface area (Å²) in [6.45, 7) is 7.03. The third-order valence-electron chi connectivity index (χ3n) is 2.81. The quantitative estimate of drug-likeness (QED) is 0.812. The highest BCUT2D eigenvalue weighted by molar-refractivity contribution is 9.10. The van der Waals surface area contributed by atoms with E-state index in [2.05, 4.69) is 39.6 Å². The second-order valence-corrected chi connectivity index (χ2v) is 6.32. The molecule has 1 aromatic rings. The van der Waals surface area contributed by atoms with Gasteiger partial charge in [0.15, 0.2) is 0 Å². The van der Waals surface area contributed by atoms with Crippen molar-refractivity contribution in [1.29, 1.82) is 0 Å². The van der Waals surface area contributed by atoms with Crippen molar-refractivity contribution in [3.63, 3.8) is 0 Å². The van der Waals surface area contributed by atoms with Gasteiger partial charge >= 0.3 is 0 Å². The van der Waals surface area contributed by atoms with Gasteiger partial charge < -0.3 is 15.5 Å². The summed E-state index contributed by atoms with van der Waals surface area (Å²) in [5.41, 5.74) is 7.34. The average Bonchev–Trinajstić information content (AvgIpc) is 2.29. The number of anilines is 2. The number of hydrogen-bond acceptors (Lipinski definition) is 3. The minimum atomic E-state index is -0.321. The van der Waals surface area contributed by atoms with E-state index in [0.29, 0.717) is 16.1 Å². The molecule has 0 saturated carbocycles. The van der Waals surface area contributed by atoms with Gasteiger partial charge in [0, 0.05) is 25.7 Å². The monoisotopic (exact) mass is 331 g/mol. The van der Waals surface area contributed by atoms with Crippen LogP contribution in [0.3, 0.4) is 0 Å². The third kappa shape index (κ3) is 4.99. The third-order valence-corrected chi connectivity index (χ3v) is 3.42. The van der Waals surface area contributed by atoms with Crippen molar-refractivity contribution in [1.82, 2.24) is 4.90 Å². The van der Waals surface area contributed by atoms with Gasteiger partial charge in [-0.3, -0.25) is 0 Å². The Morgan fingerprint density at radius 3 is 2.42 bits per heavy atom. The van der Waals surface area contributed by atoms with Crippen LogP contribution in [0.4, 0.5) is 15.8 Å². The van der Waals surface area contributed by atoms with Crippen LogP contribution in [0.2, 0.25) is 0 Å². The van der Waals surface area contributed by atoms with E-state index >= 15 is 0 Å². The topological polar surface area (TPSA) is 32.5 Å². The molecule has 3 nitrogen and oxygen atoms in total. The summed E-state index contributed by atoms with van der Waals surface area (Å²) in [6, 6.07) is 3.14. The highest BCUT2D eigenvalue weighted by atomic mass is 79.9. The first kappa shape index (κ1) is 16.2. The molecular formula is C14H23BrFN3. The molecule has 0 aromatic heterocycles. The molecule has 0 aliphatic carbocycles. The molecule has 0 heterocycles. The normalized spacial score (nSPS) is 11.4. The van der Waals surface area contributed by atoms with Crippen LogP contribution in [0.15, 0.2) is 16.6 Å². The van der Waals surface area contributed by atoms with Crippen LogP contribution >= 0.6 is 15.9 Å². The number of nitrogens with zero attached hydrogens (tertiary/aromatic N) is 2. The van der Waals surface area contributed by atoms with Gasteiger partial charge in [0.2, 0.25) is 0 Å². The van der Waals surface area contributed by atoms with E-state index in [1.807, 2.05) is 14.1 Å². The fourth-order valence-electron chi connectivity index (χ4n) is 1.90. The van der Waals surface area contributed by atoms with Crippen molar-refractivity contribution in [2.24, 2.45) is 5.92 Å². The molecule has 0 amide bonds. The Hall–Kier alpha value is -0.810. The smallest absolute Gasteiger partial charge is 0.139 e. The molecular weight excluding hydrogens is 309 g/mol. The molecule has 0 radical (unpaired) electrons. The van der Waals surface area contributed by atoms with E-state index < -0.39 is 0 Å². The van der Waals surface area contributed by atoms with Crippen LogP contribution in [0.5, 0.6) is 0 Å². The fourth-order valence-corrected chi connectivity index (χ4v) is 2.23. The summed E-state index contributed by atoms with van der Waals surface area (Å²) in [7, 11) is 4.08. The standard InChI is InChI=1S/C14H23BrFN3/c1-10(2)9-19(6-5-18(3)4)14-7-11(15)12(16)8-13(14)17/h7-8,10H,5-6,9,17H2,1-4H3. The van der Waals surface area contributed by atoms with Crippen molar-refractivity contribution in [2.45, 2.75) is 13.8 Å². The molecule has 0 spiro atoms. The molecule has 5 heteroatoms. The second kappa shape index (κ2) is 7.10. The lowest BCUT2D eigenvalue weighted by molar-refractivity contribution is 0.409. The van der Waals surface area contributed by atoms with E-state index in [4.69, 9.17) is 5.73 Å². The Bertz CT molecular complexity index is 421. The predicted octanol–water partition coefficient (Wildman–Crippen LogP) is 3.19. The van der Waals surface area contributed by atoms with Gasteiger partial charge in [-0.05, 0) is 42.0 Å². The molecule has 0 aliphatic rings. The number of rotatable bonds is 6. The van der Waals surface area contributed by atoms with E-state index in [9.17, 15) is 4.39 Å². The Kier molecular flexibility index (Phi) is 6.07. The maximum absolute atomic E-state index is 13.4. The summed E-state index contributed by atoms with van der Waals surface area (Å²) in [5, 5.41) is 0. The number of likely N-dealkylation sites (N-methyl/N-ethyl adjacent to an activating group) is 1. The van der Waals surface area contributed by atoms with Gasteiger partial charge in [-0.15, -0.1) is 0 Å². The first-order valence-corrected chi connectivity index (χ1v) is 7.24. The lowest BCUT2D eigenvalue weighted by atomic mass is 10.1. The van der Waals surface area contributed by atoms with E-state index in [-0.39, 0.29) is 5.82 Å². The molecule has 0 fully saturated rings. The van der Waals surface area contributed by atoms with Crippen LogP contribution in [-0.4, -0.2) is 38.6 Å². The van der Waals surface area contributed by atoms with Crippen LogP contribution < -0.4 is 10.6 Å². The summed E-state index contributed by atoms with van der Waals surface area (Å²) < 4.78 is 13.9. The van der Waals surface area contributed by atoms with Gasteiger partial charge in [-0.1, -0.05) is 13.8 Å². The molecule has 108 valence electrons. The number of nitrogen functional groups attached to an aromatic ring is 1. The number of benzene rings is 1. The van der Waals surface area contributed by atoms with Crippen molar-refractivity contribution < 1.29 is 4.39 Å². The minimum absolute atomic E-state index is 0.321. The average molecular weight is 332 g/mol. The van der Waals surface area contributed by atoms with Crippen LogP contribution in [-0.2, 0) is 0 Å². The lowest BCUT2D eigenvalue weighted by Gasteiger charge is -2.29. The van der Waals surface area contributed by atoms with Gasteiger partial charge in [0.25, 0.3) is 0 Å². The molecule has 1 rings (SSSR count). The predicted molar refractivity (Wildman–Crippen MR) is 84.1 cm³/mol. The molecule has 0 atom stereocenters. The van der Waals surface area contributed by atoms with Crippen LogP contribution in [0.1, 0.15) is 13.8 Å². The molecule has 19 heavy (non-hydrogen) atoms. The van der Waals surface area contributed by atoms with Crippen LogP contribution in [0, 0.1) is 11.7 Å². The van der Waals surface area contributed by atoms with E-state index in [1.165, 1.54) is 6.07 Å². The molecule has 0 unspecified atom stereocenters. The highest BCUT2D eigenvalue weighted by Crippen LogP contribution is 2.30. The zero-order valence-electron chi connectivity index (χ0n) is 12.1. The van der Waals surface area contributed by atoms with Gasteiger partial charge in [-0.25, -0.2) is 4.39 Å². The second-order valence-electron chi connectivity index (χ2n) is 5.47. The maximum atomic E-state index is 13.4. The van der Waals surface area contributed by atoms with E-state index in [1.54, 1.807) is 6.07 Å². The molecule has 0 saturated heterocycles. The molecule has 2 N–H and O–H groups in total. The van der Waals surface area contributed by atoms with E-state index in [0.717, 1.165) is 25.3 Å². The van der Waals surface area contributed by atoms with Gasteiger partial charge in [0.1, 0.15) is 5.82 Å². The largest absolute Gasteiger partial charge is 0.397 e. The summed E-state index contributed by atoms with van der Waals surface area (Å²) in [5.74, 6) is 0.198. The molecule has 0 aliphatic heterocycles. The zero-order valence-corrected chi connectivity index (χ0v) is 13.7. The van der Waals surface area contributed by atoms with Crippen LogP contribution in [0.25, 0.3) is 0 Å². The van der Waals surface area contributed by atoms with Crippen molar-refractivity contribution in [3.8, 4) is 0 Å². The number of hydrogen-bond donors (Lipinski definition) is 1. The maximum Gasteiger partial charge on any atom is 0.139 e. The number of nitrogens with two attached hydrogens (primary N) is 1. The molecule has 0 bridgehead atoms. The summed E-state index contributed by atoms with van der Waals surface area (Å²) in [6.07, 6.45) is 0. The first-order valence-electron chi connectivity index (χ1n) is 6.45. The Labute approximate surface area is 123 Å². The lowest BCUT2D eigenvalue weighted by Crippen LogP contribution is -2.34. The SMILES string of the molecule is CC(C)CN(CCN(C)C)c1cc(Br)c(F)cc1N. The Morgan fingerprint density at radius 1 is 1.26 bits per heavy atom. The van der Waals surface area contributed by atoms with Crippen molar-refractivity contribution in [3.05, 3.63) is 22.4 Å². The Morgan fingerprint density at radius 2 is 1.89 bits per heavy atom. The molecule has 1 aromatic carbocycles. The Balaban J connectivity index is 2.99. The summed E-state index contributed by atoms with van der Waals surface area (Å²) >= 11 is 3.23. The van der Waals surface area contributed by atoms with Gasteiger partial charge in [-0.2, -0.15) is 0 Å². The first-order chi connectivity index (χ1) is 8.81. The number of halogens is 2. The fraction of sp³-hybridized carbons (Fsp3) is 0.571.